The molecule has 0 radical (unpaired) electrons. The van der Waals surface area contributed by atoms with E-state index < -0.39 is 21.7 Å². The van der Waals surface area contributed by atoms with E-state index in [0.717, 1.165) is 5.56 Å². The molecule has 4 rings (SSSR count). The van der Waals surface area contributed by atoms with E-state index in [0.29, 0.717) is 11.0 Å². The smallest absolute Gasteiger partial charge is 0.276 e. The van der Waals surface area contributed by atoms with Gasteiger partial charge in [-0.3, -0.25) is 4.79 Å². The van der Waals surface area contributed by atoms with Crippen LogP contribution in [0.3, 0.4) is 0 Å². The molecule has 0 bridgehead atoms. The highest BCUT2D eigenvalue weighted by atomic mass is 32.2. The molecule has 9 heteroatoms. The number of benzene rings is 3. The fraction of sp³-hybridized carbons (Fsp3) is 0.0435. The largest absolute Gasteiger partial charge is 0.436 e. The first kappa shape index (κ1) is 21.3. The molecule has 0 aliphatic rings. The monoisotopic (exact) mass is 451 g/mol. The quantitative estimate of drug-likeness (QED) is 0.449. The van der Waals surface area contributed by atoms with Gasteiger partial charge in [-0.25, -0.2) is 4.39 Å². The average Bonchev–Trinajstić information content (AvgIpc) is 2.79. The summed E-state index contributed by atoms with van der Waals surface area (Å²) in [5, 5.41) is 6.90. The number of hydrogen-bond donors (Lipinski definition) is 2. The summed E-state index contributed by atoms with van der Waals surface area (Å²) in [6.07, 6.45) is 0. The van der Waals surface area contributed by atoms with Gasteiger partial charge in [0.1, 0.15) is 17.0 Å². The van der Waals surface area contributed by atoms with Gasteiger partial charge in [0.25, 0.3) is 15.9 Å². The molecule has 162 valence electrons. The van der Waals surface area contributed by atoms with Crippen LogP contribution in [-0.2, 0) is 10.0 Å². The first-order valence-corrected chi connectivity index (χ1v) is 11.0. The third kappa shape index (κ3) is 4.52. The van der Waals surface area contributed by atoms with E-state index in [9.17, 15) is 17.6 Å². The van der Waals surface area contributed by atoms with Crippen molar-refractivity contribution in [2.75, 3.05) is 5.32 Å². The van der Waals surface area contributed by atoms with Gasteiger partial charge in [0.15, 0.2) is 0 Å². The molecule has 0 unspecified atom stereocenters. The molecule has 0 spiro atoms. The molecule has 1 aromatic heterocycles. The van der Waals surface area contributed by atoms with Crippen molar-refractivity contribution >= 4 is 32.6 Å². The molecule has 0 aliphatic heterocycles. The number of aryl methyl sites for hydroxylation is 1. The zero-order valence-corrected chi connectivity index (χ0v) is 17.7. The number of anilines is 1. The summed E-state index contributed by atoms with van der Waals surface area (Å²) in [5.41, 5.74) is 0.921. The van der Waals surface area contributed by atoms with Crippen LogP contribution in [0.2, 0.25) is 0 Å². The maximum absolute atomic E-state index is 14.0. The fourth-order valence-electron chi connectivity index (χ4n) is 2.94. The molecule has 0 fully saturated rings. The number of carbonyl (C=O) groups is 1. The van der Waals surface area contributed by atoms with Gasteiger partial charge >= 0.3 is 0 Å². The first-order valence-electron chi connectivity index (χ1n) is 9.54. The zero-order valence-electron chi connectivity index (χ0n) is 16.9. The molecule has 1 amide bonds. The lowest BCUT2D eigenvalue weighted by Gasteiger charge is -2.08. The van der Waals surface area contributed by atoms with Gasteiger partial charge in [0.05, 0.1) is 10.6 Å². The summed E-state index contributed by atoms with van der Waals surface area (Å²) >= 11 is 0. The van der Waals surface area contributed by atoms with Crippen molar-refractivity contribution in [2.24, 2.45) is 5.10 Å². The molecule has 0 aliphatic carbocycles. The standard InChI is InChI=1S/C23H18FN3O4S/c1-15-10-12-17(13-11-15)32(29,30)27-26-23-18(14-16-6-2-5-9-21(16)31-23)22(28)25-20-8-4-3-7-19(20)24/h2-14,27H,1H3,(H,25,28)/b26-23-. The van der Waals surface area contributed by atoms with Gasteiger partial charge in [0.2, 0.25) is 5.55 Å². The summed E-state index contributed by atoms with van der Waals surface area (Å²) in [5.74, 6) is -1.32. The van der Waals surface area contributed by atoms with E-state index in [4.69, 9.17) is 4.42 Å². The lowest BCUT2D eigenvalue weighted by atomic mass is 10.1. The van der Waals surface area contributed by atoms with Crippen molar-refractivity contribution in [2.45, 2.75) is 11.8 Å². The van der Waals surface area contributed by atoms with Crippen molar-refractivity contribution in [3.63, 3.8) is 0 Å². The lowest BCUT2D eigenvalue weighted by molar-refractivity contribution is 0.102. The lowest BCUT2D eigenvalue weighted by Crippen LogP contribution is -2.27. The number of amides is 1. The molecule has 0 saturated carbocycles. The van der Waals surface area contributed by atoms with E-state index in [1.807, 2.05) is 6.92 Å². The number of fused-ring (bicyclic) bond motifs is 1. The van der Waals surface area contributed by atoms with Gasteiger partial charge in [0, 0.05) is 5.39 Å². The SMILES string of the molecule is Cc1ccc(S(=O)(=O)N/N=c2\oc3ccccc3cc2C(=O)Nc2ccccc2F)cc1. The minimum atomic E-state index is -4.00. The van der Waals surface area contributed by atoms with Crippen molar-refractivity contribution < 1.29 is 22.0 Å². The maximum Gasteiger partial charge on any atom is 0.276 e. The van der Waals surface area contributed by atoms with E-state index >= 15 is 0 Å². The van der Waals surface area contributed by atoms with E-state index in [2.05, 4.69) is 15.2 Å². The number of para-hydroxylation sites is 2. The summed E-state index contributed by atoms with van der Waals surface area (Å²) < 4.78 is 44.9. The Balaban J connectivity index is 1.76. The number of halogens is 1. The third-order valence-electron chi connectivity index (χ3n) is 4.62. The molecule has 3 aromatic carbocycles. The second kappa shape index (κ2) is 8.64. The Morgan fingerprint density at radius 1 is 0.969 bits per heavy atom. The van der Waals surface area contributed by atoms with E-state index in [1.54, 1.807) is 42.5 Å². The van der Waals surface area contributed by atoms with Crippen LogP contribution in [0.15, 0.2) is 93.3 Å². The summed E-state index contributed by atoms with van der Waals surface area (Å²) in [7, 11) is -4.00. The number of carbonyl (C=O) groups excluding carboxylic acids is 1. The summed E-state index contributed by atoms with van der Waals surface area (Å²) in [4.78, 5) is 15.0. The fourth-order valence-corrected chi connectivity index (χ4v) is 3.74. The van der Waals surface area contributed by atoms with Crippen LogP contribution in [0, 0.1) is 12.7 Å². The minimum absolute atomic E-state index is 0.00463. The molecule has 1 heterocycles. The molecular formula is C23H18FN3O4S. The second-order valence-corrected chi connectivity index (χ2v) is 8.62. The molecule has 4 aromatic rings. The van der Waals surface area contributed by atoms with Gasteiger partial charge in [-0.1, -0.05) is 48.0 Å². The second-order valence-electron chi connectivity index (χ2n) is 6.96. The molecule has 0 atom stereocenters. The van der Waals surface area contributed by atoms with E-state index in [1.165, 1.54) is 36.4 Å². The zero-order chi connectivity index (χ0) is 22.7. The van der Waals surface area contributed by atoms with Crippen LogP contribution in [0.25, 0.3) is 11.0 Å². The van der Waals surface area contributed by atoms with Crippen molar-refractivity contribution in [3.8, 4) is 0 Å². The predicted molar refractivity (Wildman–Crippen MR) is 118 cm³/mol. The average molecular weight is 451 g/mol. The van der Waals surface area contributed by atoms with Crippen LogP contribution in [0.1, 0.15) is 15.9 Å². The van der Waals surface area contributed by atoms with Gasteiger partial charge in [-0.05, 0) is 43.3 Å². The van der Waals surface area contributed by atoms with Crippen molar-refractivity contribution in [1.82, 2.24) is 4.83 Å². The highest BCUT2D eigenvalue weighted by molar-refractivity contribution is 7.89. The number of nitrogens with one attached hydrogen (secondary N) is 2. The predicted octanol–water partition coefficient (Wildman–Crippen LogP) is 3.93. The first-order chi connectivity index (χ1) is 15.3. The minimum Gasteiger partial charge on any atom is -0.436 e. The highest BCUT2D eigenvalue weighted by Crippen LogP contribution is 2.16. The van der Waals surface area contributed by atoms with Crippen molar-refractivity contribution in [1.29, 1.82) is 0 Å². The normalized spacial score (nSPS) is 12.0. The Bertz CT molecular complexity index is 1480. The Labute approximate surface area is 183 Å². The van der Waals surface area contributed by atoms with Crippen LogP contribution in [-0.4, -0.2) is 14.3 Å². The Morgan fingerprint density at radius 3 is 2.41 bits per heavy atom. The van der Waals surface area contributed by atoms with Gasteiger partial charge in [-0.2, -0.15) is 13.2 Å². The molecule has 0 saturated heterocycles. The third-order valence-corrected chi connectivity index (χ3v) is 5.85. The molecule has 2 N–H and O–H groups in total. The Hall–Kier alpha value is -3.98. The van der Waals surface area contributed by atoms with Crippen LogP contribution < -0.4 is 15.7 Å². The Kier molecular flexibility index (Phi) is 5.74. The summed E-state index contributed by atoms with van der Waals surface area (Å²) in [6, 6.07) is 20.2. The Morgan fingerprint density at radius 2 is 1.66 bits per heavy atom. The molecule has 32 heavy (non-hydrogen) atoms. The van der Waals surface area contributed by atoms with E-state index in [-0.39, 0.29) is 21.7 Å². The number of rotatable bonds is 5. The number of nitrogens with zero attached hydrogens (tertiary/aromatic N) is 1. The number of sulfonamides is 1. The molecular weight excluding hydrogens is 433 g/mol. The highest BCUT2D eigenvalue weighted by Gasteiger charge is 2.17. The topological polar surface area (TPSA) is 101 Å². The molecule has 7 nitrogen and oxygen atoms in total. The summed E-state index contributed by atoms with van der Waals surface area (Å²) in [6.45, 7) is 1.84. The van der Waals surface area contributed by atoms with Crippen molar-refractivity contribution in [3.05, 3.63) is 101 Å². The van der Waals surface area contributed by atoms with Crippen LogP contribution in [0.4, 0.5) is 10.1 Å². The van der Waals surface area contributed by atoms with Gasteiger partial charge in [-0.15, -0.1) is 5.10 Å². The van der Waals surface area contributed by atoms with Gasteiger partial charge < -0.3 is 9.73 Å². The number of hydrogen-bond acceptors (Lipinski definition) is 5. The van der Waals surface area contributed by atoms with Crippen LogP contribution in [0.5, 0.6) is 0 Å². The van der Waals surface area contributed by atoms with Crippen LogP contribution >= 0.6 is 0 Å². The maximum atomic E-state index is 14.0.